The molecule has 8 heteroatoms. The lowest BCUT2D eigenvalue weighted by Gasteiger charge is -2.13. The smallest absolute Gasteiger partial charge is 0.277 e. The fourth-order valence-corrected chi connectivity index (χ4v) is 2.35. The minimum absolute atomic E-state index is 0.0282. The topological polar surface area (TPSA) is 106 Å². The average molecular weight is 327 g/mol. The van der Waals surface area contributed by atoms with Gasteiger partial charge in [0.15, 0.2) is 0 Å². The average Bonchev–Trinajstić information content (AvgIpc) is 3.13. The van der Waals surface area contributed by atoms with Gasteiger partial charge < -0.3 is 9.73 Å². The summed E-state index contributed by atoms with van der Waals surface area (Å²) in [5.74, 6) is -0.502. The Labute approximate surface area is 136 Å². The summed E-state index contributed by atoms with van der Waals surface area (Å²) in [4.78, 5) is 35.8. The largest absolute Gasteiger partial charge is 0.467 e. The number of hydrogen-bond donors (Lipinski definition) is 1. The van der Waals surface area contributed by atoms with E-state index in [1.165, 1.54) is 12.3 Å². The van der Waals surface area contributed by atoms with Crippen molar-refractivity contribution in [2.75, 3.05) is 5.32 Å². The number of benzene rings is 1. The molecule has 2 amide bonds. The number of rotatable bonds is 5. The Kier molecular flexibility index (Phi) is 3.87. The molecule has 0 bridgehead atoms. The van der Waals surface area contributed by atoms with Crippen LogP contribution < -0.4 is 5.32 Å². The van der Waals surface area contributed by atoms with Crippen LogP contribution in [0.25, 0.3) is 0 Å². The minimum Gasteiger partial charge on any atom is -0.467 e. The second-order valence-corrected chi connectivity index (χ2v) is 5.25. The van der Waals surface area contributed by atoms with Gasteiger partial charge in [0.2, 0.25) is 0 Å². The zero-order chi connectivity index (χ0) is 17.3. The van der Waals surface area contributed by atoms with Crippen molar-refractivity contribution in [2.45, 2.75) is 13.5 Å². The zero-order valence-corrected chi connectivity index (χ0v) is 12.7. The molecule has 1 aliphatic heterocycles. The second-order valence-electron chi connectivity index (χ2n) is 5.25. The van der Waals surface area contributed by atoms with Crippen LogP contribution >= 0.6 is 0 Å². The van der Waals surface area contributed by atoms with Gasteiger partial charge in [-0.1, -0.05) is 6.07 Å². The van der Waals surface area contributed by atoms with E-state index in [0.29, 0.717) is 17.0 Å². The second kappa shape index (κ2) is 5.99. The predicted octanol–water partition coefficient (Wildman–Crippen LogP) is 2.36. The number of carbonyl (C=O) groups excluding carboxylic acids is 2. The molecule has 0 radical (unpaired) electrons. The van der Waals surface area contributed by atoms with E-state index in [-0.39, 0.29) is 17.9 Å². The van der Waals surface area contributed by atoms with E-state index in [2.05, 4.69) is 5.32 Å². The first-order valence-corrected chi connectivity index (χ1v) is 7.07. The molecule has 1 aliphatic rings. The summed E-state index contributed by atoms with van der Waals surface area (Å²) in [6.45, 7) is 1.65. The van der Waals surface area contributed by atoms with Gasteiger partial charge in [0.1, 0.15) is 11.5 Å². The van der Waals surface area contributed by atoms with Gasteiger partial charge in [-0.25, -0.2) is 0 Å². The van der Waals surface area contributed by atoms with Crippen molar-refractivity contribution >= 4 is 23.2 Å². The Morgan fingerprint density at radius 2 is 2.08 bits per heavy atom. The lowest BCUT2D eigenvalue weighted by atomic mass is 10.2. The van der Waals surface area contributed by atoms with Crippen LogP contribution in [0.3, 0.4) is 0 Å². The molecule has 0 spiro atoms. The van der Waals surface area contributed by atoms with Gasteiger partial charge in [0.05, 0.1) is 17.7 Å². The molecular weight excluding hydrogens is 314 g/mol. The summed E-state index contributed by atoms with van der Waals surface area (Å²) in [6.07, 6.45) is 2.62. The Bertz CT molecular complexity index is 855. The Hall–Kier alpha value is -3.42. The van der Waals surface area contributed by atoms with E-state index in [1.807, 2.05) is 0 Å². The summed E-state index contributed by atoms with van der Waals surface area (Å²) in [6, 6.07) is 7.83. The highest BCUT2D eigenvalue weighted by Gasteiger charge is 2.32. The Morgan fingerprint density at radius 1 is 1.29 bits per heavy atom. The highest BCUT2D eigenvalue weighted by molar-refractivity contribution is 6.17. The van der Waals surface area contributed by atoms with E-state index < -0.39 is 16.7 Å². The van der Waals surface area contributed by atoms with E-state index in [1.54, 1.807) is 31.2 Å². The molecule has 0 aliphatic carbocycles. The molecule has 1 aromatic heterocycles. The lowest BCUT2D eigenvalue weighted by molar-refractivity contribution is -0.385. The van der Waals surface area contributed by atoms with Crippen molar-refractivity contribution in [1.29, 1.82) is 0 Å². The van der Waals surface area contributed by atoms with Gasteiger partial charge in [-0.2, -0.15) is 0 Å². The third-order valence-electron chi connectivity index (χ3n) is 3.59. The molecule has 122 valence electrons. The zero-order valence-electron chi connectivity index (χ0n) is 12.7. The number of anilines is 1. The third-order valence-corrected chi connectivity index (χ3v) is 3.59. The maximum Gasteiger partial charge on any atom is 0.277 e. The molecule has 0 saturated carbocycles. The summed E-state index contributed by atoms with van der Waals surface area (Å²) in [5.41, 5.74) is 0.863. The van der Waals surface area contributed by atoms with E-state index in [0.717, 1.165) is 11.0 Å². The Morgan fingerprint density at radius 3 is 2.75 bits per heavy atom. The highest BCUT2D eigenvalue weighted by atomic mass is 16.6. The SMILES string of the molecule is Cc1ccc(NC2=CC(=O)N(Cc3ccco3)C2=O)cc1[N+](=O)[O-]. The number of carbonyl (C=O) groups is 2. The fourth-order valence-electron chi connectivity index (χ4n) is 2.35. The number of nitro groups is 1. The van der Waals surface area contributed by atoms with Crippen molar-refractivity contribution < 1.29 is 18.9 Å². The number of hydrogen-bond acceptors (Lipinski definition) is 6. The lowest BCUT2D eigenvalue weighted by Crippen LogP contribution is -2.31. The standard InChI is InChI=1S/C16H13N3O5/c1-10-4-5-11(7-14(10)19(22)23)17-13-8-15(20)18(16(13)21)9-12-3-2-6-24-12/h2-8,17H,9H2,1H3. The summed E-state index contributed by atoms with van der Waals surface area (Å²) in [5, 5.41) is 13.7. The number of imide groups is 1. The molecule has 0 unspecified atom stereocenters. The van der Waals surface area contributed by atoms with E-state index in [4.69, 9.17) is 4.42 Å². The maximum atomic E-state index is 12.3. The van der Waals surface area contributed by atoms with Gasteiger partial charge in [0, 0.05) is 23.4 Å². The molecule has 1 N–H and O–H groups in total. The molecular formula is C16H13N3O5. The highest BCUT2D eigenvalue weighted by Crippen LogP contribution is 2.25. The van der Waals surface area contributed by atoms with Crippen molar-refractivity contribution in [3.05, 3.63) is 69.8 Å². The van der Waals surface area contributed by atoms with Crippen LogP contribution in [0.2, 0.25) is 0 Å². The van der Waals surface area contributed by atoms with Crippen LogP contribution in [0.15, 0.2) is 52.8 Å². The van der Waals surface area contributed by atoms with Crippen molar-refractivity contribution in [2.24, 2.45) is 0 Å². The van der Waals surface area contributed by atoms with Gasteiger partial charge in [0.25, 0.3) is 17.5 Å². The number of nitro benzene ring substituents is 1. The molecule has 24 heavy (non-hydrogen) atoms. The molecule has 0 saturated heterocycles. The van der Waals surface area contributed by atoms with E-state index >= 15 is 0 Å². The molecule has 2 heterocycles. The molecule has 3 rings (SSSR count). The number of nitrogens with zero attached hydrogens (tertiary/aromatic N) is 2. The normalized spacial score (nSPS) is 14.0. The number of nitrogens with one attached hydrogen (secondary N) is 1. The summed E-state index contributed by atoms with van der Waals surface area (Å²) >= 11 is 0. The maximum absolute atomic E-state index is 12.3. The Balaban J connectivity index is 1.78. The van der Waals surface area contributed by atoms with E-state index in [9.17, 15) is 19.7 Å². The van der Waals surface area contributed by atoms with Crippen molar-refractivity contribution in [3.8, 4) is 0 Å². The predicted molar refractivity (Wildman–Crippen MR) is 83.8 cm³/mol. The van der Waals surface area contributed by atoms with Crippen LogP contribution in [0.5, 0.6) is 0 Å². The van der Waals surface area contributed by atoms with Gasteiger partial charge in [-0.3, -0.25) is 24.6 Å². The molecule has 8 nitrogen and oxygen atoms in total. The van der Waals surface area contributed by atoms with Crippen LogP contribution in [0.4, 0.5) is 11.4 Å². The first kappa shape index (κ1) is 15.5. The van der Waals surface area contributed by atoms with Gasteiger partial charge in [-0.15, -0.1) is 0 Å². The first-order valence-electron chi connectivity index (χ1n) is 7.07. The first-order chi connectivity index (χ1) is 11.5. The van der Waals surface area contributed by atoms with Crippen LogP contribution in [0, 0.1) is 17.0 Å². The minimum atomic E-state index is -0.514. The molecule has 0 fully saturated rings. The number of amides is 2. The van der Waals surface area contributed by atoms with Gasteiger partial charge in [-0.05, 0) is 25.1 Å². The molecule has 2 aromatic rings. The molecule has 1 aromatic carbocycles. The molecule has 0 atom stereocenters. The van der Waals surface area contributed by atoms with Gasteiger partial charge >= 0.3 is 0 Å². The summed E-state index contributed by atoms with van der Waals surface area (Å²) < 4.78 is 5.14. The van der Waals surface area contributed by atoms with Crippen molar-refractivity contribution in [3.63, 3.8) is 0 Å². The van der Waals surface area contributed by atoms with Crippen LogP contribution in [-0.2, 0) is 16.1 Å². The monoisotopic (exact) mass is 327 g/mol. The van der Waals surface area contributed by atoms with Crippen molar-refractivity contribution in [1.82, 2.24) is 4.90 Å². The third kappa shape index (κ3) is 2.89. The quantitative estimate of drug-likeness (QED) is 0.513. The number of furan rings is 1. The summed E-state index contributed by atoms with van der Waals surface area (Å²) in [7, 11) is 0. The number of aryl methyl sites for hydroxylation is 1. The van der Waals surface area contributed by atoms with Crippen LogP contribution in [0.1, 0.15) is 11.3 Å². The fraction of sp³-hybridized carbons (Fsp3) is 0.125. The van der Waals surface area contributed by atoms with Crippen LogP contribution in [-0.4, -0.2) is 21.6 Å².